The zero-order valence-corrected chi connectivity index (χ0v) is 18.0. The van der Waals surface area contributed by atoms with Crippen LogP contribution in [0.4, 0.5) is 10.1 Å². The van der Waals surface area contributed by atoms with Crippen molar-refractivity contribution in [1.29, 1.82) is 0 Å². The molecule has 1 fully saturated rings. The van der Waals surface area contributed by atoms with Crippen LogP contribution in [0.2, 0.25) is 0 Å². The maximum atomic E-state index is 13.8. The predicted molar refractivity (Wildman–Crippen MR) is 119 cm³/mol. The molecule has 32 heavy (non-hydrogen) atoms. The lowest BCUT2D eigenvalue weighted by Gasteiger charge is -2.32. The van der Waals surface area contributed by atoms with Crippen molar-refractivity contribution in [2.45, 2.75) is 31.5 Å². The summed E-state index contributed by atoms with van der Waals surface area (Å²) in [6, 6.07) is 12.1. The van der Waals surface area contributed by atoms with Crippen molar-refractivity contribution in [3.05, 3.63) is 64.7 Å². The number of carbonyl (C=O) groups excluding carboxylic acids is 3. The number of anilines is 1. The van der Waals surface area contributed by atoms with Crippen molar-refractivity contribution in [1.82, 2.24) is 9.80 Å². The fourth-order valence-electron chi connectivity index (χ4n) is 4.39. The van der Waals surface area contributed by atoms with E-state index in [9.17, 15) is 18.8 Å². The van der Waals surface area contributed by atoms with Crippen molar-refractivity contribution in [3.8, 4) is 0 Å². The van der Waals surface area contributed by atoms with Gasteiger partial charge in [0.1, 0.15) is 6.17 Å². The molecule has 2 heterocycles. The van der Waals surface area contributed by atoms with E-state index in [1.165, 1.54) is 0 Å². The smallest absolute Gasteiger partial charge is 0.248 e. The van der Waals surface area contributed by atoms with Gasteiger partial charge in [-0.15, -0.1) is 0 Å². The number of nitrogens with two attached hydrogens (primary N) is 1. The first kappa shape index (κ1) is 22.0. The Labute approximate surface area is 186 Å². The molecule has 0 aromatic heterocycles. The molecule has 3 N–H and O–H groups in total. The molecule has 2 aliphatic rings. The van der Waals surface area contributed by atoms with E-state index in [0.29, 0.717) is 38.0 Å². The summed E-state index contributed by atoms with van der Waals surface area (Å²) in [6.07, 6.45) is 0.132. The molecule has 0 bridgehead atoms. The Kier molecular flexibility index (Phi) is 6.23. The van der Waals surface area contributed by atoms with E-state index in [2.05, 4.69) is 5.32 Å². The minimum Gasteiger partial charge on any atom is -0.366 e. The molecule has 4 rings (SSSR count). The second-order valence-electron chi connectivity index (χ2n) is 8.55. The summed E-state index contributed by atoms with van der Waals surface area (Å²) in [5, 5.41) is 2.81. The van der Waals surface area contributed by atoms with E-state index in [4.69, 9.17) is 5.73 Å². The van der Waals surface area contributed by atoms with Gasteiger partial charge in [-0.3, -0.25) is 19.3 Å². The van der Waals surface area contributed by atoms with Gasteiger partial charge in [0.25, 0.3) is 0 Å². The Morgan fingerprint density at radius 3 is 2.81 bits per heavy atom. The maximum Gasteiger partial charge on any atom is 0.248 e. The summed E-state index contributed by atoms with van der Waals surface area (Å²) in [5.41, 5.74) is 9.07. The molecule has 3 amide bonds. The molecule has 1 saturated heterocycles. The number of benzene rings is 2. The van der Waals surface area contributed by atoms with Crippen molar-refractivity contribution >= 4 is 23.4 Å². The van der Waals surface area contributed by atoms with Crippen LogP contribution < -0.4 is 11.1 Å². The first-order valence-corrected chi connectivity index (χ1v) is 10.7. The first-order valence-electron chi connectivity index (χ1n) is 10.7. The number of halogens is 1. The van der Waals surface area contributed by atoms with E-state index < -0.39 is 12.1 Å². The number of alkyl halides is 1. The van der Waals surface area contributed by atoms with E-state index in [0.717, 1.165) is 22.4 Å². The summed E-state index contributed by atoms with van der Waals surface area (Å²) in [4.78, 5) is 40.1. The topological polar surface area (TPSA) is 95.7 Å². The largest absolute Gasteiger partial charge is 0.366 e. The van der Waals surface area contributed by atoms with Crippen LogP contribution >= 0.6 is 0 Å². The Morgan fingerprint density at radius 1 is 1.28 bits per heavy atom. The van der Waals surface area contributed by atoms with Crippen molar-refractivity contribution < 1.29 is 18.8 Å². The van der Waals surface area contributed by atoms with E-state index >= 15 is 0 Å². The van der Waals surface area contributed by atoms with Gasteiger partial charge in [0, 0.05) is 37.9 Å². The maximum absolute atomic E-state index is 13.8. The average molecular weight is 439 g/mol. The van der Waals surface area contributed by atoms with Crippen LogP contribution in [-0.4, -0.2) is 60.4 Å². The molecule has 0 aliphatic carbocycles. The molecule has 8 heteroatoms. The lowest BCUT2D eigenvalue weighted by molar-refractivity contribution is -0.131. The minimum atomic E-state index is -0.866. The lowest BCUT2D eigenvalue weighted by Crippen LogP contribution is -2.39. The fourth-order valence-corrected chi connectivity index (χ4v) is 4.39. The molecule has 0 spiro atoms. The number of carbonyl (C=O) groups is 3. The monoisotopic (exact) mass is 438 g/mol. The predicted octanol–water partition coefficient (Wildman–Crippen LogP) is 2.07. The molecule has 7 nitrogen and oxygen atoms in total. The molecule has 2 atom stereocenters. The summed E-state index contributed by atoms with van der Waals surface area (Å²) < 4.78 is 13.8. The highest BCUT2D eigenvalue weighted by molar-refractivity contribution is 5.99. The Balaban J connectivity index is 1.55. The summed E-state index contributed by atoms with van der Waals surface area (Å²) >= 11 is 0. The number of hydrogen-bond acceptors (Lipinski definition) is 4. The Bertz CT molecular complexity index is 1060. The van der Waals surface area contributed by atoms with Gasteiger partial charge < -0.3 is 16.0 Å². The molecule has 0 saturated carbocycles. The number of likely N-dealkylation sites (N-methyl/N-ethyl adjacent to an activating group) is 1. The number of rotatable bonds is 7. The van der Waals surface area contributed by atoms with Gasteiger partial charge in [-0.05, 0) is 41.3 Å². The van der Waals surface area contributed by atoms with Gasteiger partial charge in [0.2, 0.25) is 17.7 Å². The second kappa shape index (κ2) is 9.08. The number of fused-ring (bicyclic) bond motifs is 1. The molecule has 2 aliphatic heterocycles. The van der Waals surface area contributed by atoms with Gasteiger partial charge in [-0.2, -0.15) is 0 Å². The Hall–Kier alpha value is -3.26. The van der Waals surface area contributed by atoms with Crippen LogP contribution in [0.1, 0.15) is 39.5 Å². The molecule has 0 radical (unpaired) electrons. The summed E-state index contributed by atoms with van der Waals surface area (Å²) in [5.74, 6) is -0.698. The van der Waals surface area contributed by atoms with Crippen LogP contribution in [-0.2, 0) is 22.4 Å². The van der Waals surface area contributed by atoms with Gasteiger partial charge in [0.15, 0.2) is 0 Å². The number of amides is 3. The standard InChI is InChI=1S/C24H27FN4O3/c1-28(23(31)10-15-5-6-16-12-22(30)27-20(16)9-15)21(14-29-8-7-19(25)13-29)17-3-2-4-18(11-17)24(26)32/h2-6,9,11,19,21H,7-8,10,12-14H2,1H3,(H2,26,32)(H,27,30)/t19-,21+/m0/s1. The number of hydrogen-bond donors (Lipinski definition) is 2. The highest BCUT2D eigenvalue weighted by atomic mass is 19.1. The van der Waals surface area contributed by atoms with Gasteiger partial charge >= 0.3 is 0 Å². The third kappa shape index (κ3) is 4.80. The van der Waals surface area contributed by atoms with Crippen LogP contribution in [0.3, 0.4) is 0 Å². The molecule has 168 valence electrons. The normalized spacial score (nSPS) is 18.8. The van der Waals surface area contributed by atoms with Gasteiger partial charge in [-0.1, -0.05) is 24.3 Å². The van der Waals surface area contributed by atoms with Crippen LogP contribution in [0, 0.1) is 0 Å². The van der Waals surface area contributed by atoms with Crippen LogP contribution in [0.15, 0.2) is 42.5 Å². The van der Waals surface area contributed by atoms with E-state index in [1.54, 1.807) is 30.1 Å². The first-order chi connectivity index (χ1) is 15.3. The SMILES string of the molecule is CN(C(=O)Cc1ccc2c(c1)NC(=O)C2)[C@H](CN1CC[C@H](F)C1)c1cccc(C(N)=O)c1. The average Bonchev–Trinajstić information content (AvgIpc) is 3.35. The van der Waals surface area contributed by atoms with Crippen LogP contribution in [0.5, 0.6) is 0 Å². The molecular weight excluding hydrogens is 411 g/mol. The third-order valence-electron chi connectivity index (χ3n) is 6.22. The number of primary amides is 1. The van der Waals surface area contributed by atoms with Crippen molar-refractivity contribution in [2.24, 2.45) is 5.73 Å². The summed E-state index contributed by atoms with van der Waals surface area (Å²) in [6.45, 7) is 1.42. The van der Waals surface area contributed by atoms with Crippen molar-refractivity contribution in [3.63, 3.8) is 0 Å². The van der Waals surface area contributed by atoms with Crippen LogP contribution in [0.25, 0.3) is 0 Å². The molecule has 0 unspecified atom stereocenters. The second-order valence-corrected chi connectivity index (χ2v) is 8.55. The fraction of sp³-hybridized carbons (Fsp3) is 0.375. The van der Waals surface area contributed by atoms with Gasteiger partial charge in [-0.25, -0.2) is 4.39 Å². The van der Waals surface area contributed by atoms with Crippen molar-refractivity contribution in [2.75, 3.05) is 32.0 Å². The zero-order valence-electron chi connectivity index (χ0n) is 18.0. The lowest BCUT2D eigenvalue weighted by atomic mass is 10.0. The quantitative estimate of drug-likeness (QED) is 0.692. The summed E-state index contributed by atoms with van der Waals surface area (Å²) in [7, 11) is 1.72. The van der Waals surface area contributed by atoms with E-state index in [1.807, 2.05) is 29.2 Å². The van der Waals surface area contributed by atoms with E-state index in [-0.39, 0.29) is 24.3 Å². The molecule has 2 aromatic rings. The Morgan fingerprint density at radius 2 is 2.09 bits per heavy atom. The number of nitrogens with zero attached hydrogens (tertiary/aromatic N) is 2. The molecule has 2 aromatic carbocycles. The minimum absolute atomic E-state index is 0.0493. The zero-order chi connectivity index (χ0) is 22.8. The number of nitrogens with one attached hydrogen (secondary N) is 1. The third-order valence-corrected chi connectivity index (χ3v) is 6.22. The molecular formula is C24H27FN4O3. The number of likely N-dealkylation sites (tertiary alicyclic amines) is 1. The highest BCUT2D eigenvalue weighted by Crippen LogP contribution is 2.27. The van der Waals surface area contributed by atoms with Gasteiger partial charge in [0.05, 0.1) is 18.9 Å². The highest BCUT2D eigenvalue weighted by Gasteiger charge is 2.29.